The number of imidazole rings is 1. The van der Waals surface area contributed by atoms with Gasteiger partial charge in [-0.2, -0.15) is 0 Å². The van der Waals surface area contributed by atoms with Crippen LogP contribution in [0.1, 0.15) is 33.7 Å². The van der Waals surface area contributed by atoms with Crippen LogP contribution in [0.5, 0.6) is 17.2 Å². The van der Waals surface area contributed by atoms with Crippen molar-refractivity contribution in [2.24, 2.45) is 0 Å². The van der Waals surface area contributed by atoms with Crippen LogP contribution in [-0.2, 0) is 13.0 Å². The molecule has 3 aromatic carbocycles. The van der Waals surface area contributed by atoms with Gasteiger partial charge in [-0.3, -0.25) is 4.79 Å². The van der Waals surface area contributed by atoms with Crippen LogP contribution < -0.4 is 19.5 Å². The third-order valence-corrected chi connectivity index (χ3v) is 6.29. The van der Waals surface area contributed by atoms with Crippen LogP contribution >= 0.6 is 0 Å². The molecule has 4 rings (SSSR count). The van der Waals surface area contributed by atoms with Crippen molar-refractivity contribution >= 4 is 16.9 Å². The number of fused-ring (bicyclic) bond motifs is 1. The predicted octanol–water partition coefficient (Wildman–Crippen LogP) is 5.11. The summed E-state index contributed by atoms with van der Waals surface area (Å²) < 4.78 is 18.8. The molecular weight excluding hydrogens is 454 g/mol. The van der Waals surface area contributed by atoms with Crippen molar-refractivity contribution in [3.05, 3.63) is 83.2 Å². The lowest BCUT2D eigenvalue weighted by Gasteiger charge is -2.12. The summed E-state index contributed by atoms with van der Waals surface area (Å²) in [6.07, 6.45) is 1.46. The van der Waals surface area contributed by atoms with Crippen LogP contribution in [0.25, 0.3) is 11.0 Å². The minimum Gasteiger partial charge on any atom is -0.494 e. The number of rotatable bonds is 11. The number of hydrogen-bond donors (Lipinski definition) is 1. The molecule has 0 aliphatic heterocycles. The van der Waals surface area contributed by atoms with Gasteiger partial charge in [-0.1, -0.05) is 18.2 Å². The number of benzene rings is 3. The van der Waals surface area contributed by atoms with E-state index in [1.165, 1.54) is 11.1 Å². The monoisotopic (exact) mass is 487 g/mol. The highest BCUT2D eigenvalue weighted by molar-refractivity contribution is 5.94. The Hall–Kier alpha value is -4.00. The summed E-state index contributed by atoms with van der Waals surface area (Å²) in [5.74, 6) is 2.78. The molecule has 4 aromatic rings. The summed E-state index contributed by atoms with van der Waals surface area (Å²) in [6.45, 7) is 6.06. The number of para-hydroxylation sites is 2. The Bertz CT molecular complexity index is 1350. The number of carbonyl (C=O) groups is 1. The van der Waals surface area contributed by atoms with E-state index in [9.17, 15) is 4.79 Å². The van der Waals surface area contributed by atoms with E-state index in [0.29, 0.717) is 36.6 Å². The number of amides is 1. The number of hydrogen-bond acceptors (Lipinski definition) is 5. The van der Waals surface area contributed by atoms with Crippen LogP contribution in [0.2, 0.25) is 0 Å². The Labute approximate surface area is 212 Å². The molecule has 188 valence electrons. The van der Waals surface area contributed by atoms with Crippen molar-refractivity contribution in [1.29, 1.82) is 0 Å². The van der Waals surface area contributed by atoms with E-state index in [1.807, 2.05) is 24.3 Å². The van der Waals surface area contributed by atoms with Crippen LogP contribution in [0.4, 0.5) is 0 Å². The van der Waals surface area contributed by atoms with Crippen molar-refractivity contribution in [3.63, 3.8) is 0 Å². The fraction of sp³-hybridized carbons (Fsp3) is 0.310. The van der Waals surface area contributed by atoms with E-state index in [4.69, 9.17) is 19.2 Å². The maximum atomic E-state index is 12.7. The minimum absolute atomic E-state index is 0.166. The average Bonchev–Trinajstić information content (AvgIpc) is 3.25. The van der Waals surface area contributed by atoms with Crippen molar-refractivity contribution in [2.75, 3.05) is 27.4 Å². The molecule has 1 amide bonds. The molecule has 0 aliphatic rings. The molecule has 0 aliphatic carbocycles. The SMILES string of the molecule is COc1ccc(C(=O)NCCc2nc3ccccc3n2CCCOc2ccc(C)c(C)c2)cc1OC. The number of ether oxygens (including phenoxy) is 3. The maximum absolute atomic E-state index is 12.7. The van der Waals surface area contributed by atoms with Crippen LogP contribution in [0.15, 0.2) is 60.7 Å². The van der Waals surface area contributed by atoms with Crippen molar-refractivity contribution in [3.8, 4) is 17.2 Å². The molecule has 0 saturated heterocycles. The fourth-order valence-corrected chi connectivity index (χ4v) is 4.15. The summed E-state index contributed by atoms with van der Waals surface area (Å²) in [5.41, 5.74) is 5.05. The van der Waals surface area contributed by atoms with Gasteiger partial charge in [0.1, 0.15) is 11.6 Å². The second-order valence-corrected chi connectivity index (χ2v) is 8.69. The lowest BCUT2D eigenvalue weighted by Crippen LogP contribution is -2.26. The molecule has 1 heterocycles. The summed E-state index contributed by atoms with van der Waals surface area (Å²) in [4.78, 5) is 17.5. The topological polar surface area (TPSA) is 74.6 Å². The normalized spacial score (nSPS) is 10.9. The minimum atomic E-state index is -0.166. The average molecular weight is 488 g/mol. The standard InChI is InChI=1S/C29H33N3O4/c1-20-10-12-23(18-21(20)2)36-17-7-16-32-25-9-6-5-8-24(25)31-28(32)14-15-30-29(33)22-11-13-26(34-3)27(19-22)35-4/h5-6,8-13,18-19H,7,14-17H2,1-4H3,(H,30,33). The first kappa shape index (κ1) is 25.1. The maximum Gasteiger partial charge on any atom is 0.251 e. The van der Waals surface area contributed by atoms with Gasteiger partial charge in [0.15, 0.2) is 11.5 Å². The number of nitrogens with one attached hydrogen (secondary N) is 1. The molecule has 0 radical (unpaired) electrons. The van der Waals surface area contributed by atoms with Crippen LogP contribution in [0, 0.1) is 13.8 Å². The molecule has 0 saturated carbocycles. The van der Waals surface area contributed by atoms with Crippen LogP contribution in [-0.4, -0.2) is 42.8 Å². The Morgan fingerprint density at radius 3 is 2.53 bits per heavy atom. The van der Waals surface area contributed by atoms with Gasteiger partial charge < -0.3 is 24.1 Å². The highest BCUT2D eigenvalue weighted by Crippen LogP contribution is 2.27. The first-order valence-corrected chi connectivity index (χ1v) is 12.1. The van der Waals surface area contributed by atoms with Gasteiger partial charge in [0.25, 0.3) is 5.91 Å². The molecule has 1 N–H and O–H groups in total. The Balaban J connectivity index is 1.38. The van der Waals surface area contributed by atoms with E-state index in [2.05, 4.69) is 41.9 Å². The molecule has 0 spiro atoms. The zero-order valence-electron chi connectivity index (χ0n) is 21.3. The van der Waals surface area contributed by atoms with E-state index in [0.717, 1.165) is 35.6 Å². The van der Waals surface area contributed by atoms with Gasteiger partial charge >= 0.3 is 0 Å². The van der Waals surface area contributed by atoms with E-state index in [-0.39, 0.29) is 5.91 Å². The zero-order valence-corrected chi connectivity index (χ0v) is 21.3. The molecule has 36 heavy (non-hydrogen) atoms. The quantitative estimate of drug-likeness (QED) is 0.298. The first-order chi connectivity index (χ1) is 17.5. The van der Waals surface area contributed by atoms with Gasteiger partial charge in [0, 0.05) is 25.1 Å². The zero-order chi connectivity index (χ0) is 25.5. The number of aryl methyl sites for hydroxylation is 3. The third-order valence-electron chi connectivity index (χ3n) is 6.29. The molecule has 0 fully saturated rings. The lowest BCUT2D eigenvalue weighted by atomic mass is 10.1. The molecule has 0 bridgehead atoms. The molecular formula is C29H33N3O4. The second-order valence-electron chi connectivity index (χ2n) is 8.69. The highest BCUT2D eigenvalue weighted by Gasteiger charge is 2.13. The summed E-state index contributed by atoms with van der Waals surface area (Å²) in [7, 11) is 3.12. The van der Waals surface area contributed by atoms with Crippen molar-refractivity contribution < 1.29 is 19.0 Å². The molecule has 0 atom stereocenters. The molecule has 7 heteroatoms. The lowest BCUT2D eigenvalue weighted by molar-refractivity contribution is 0.0953. The number of aromatic nitrogens is 2. The summed E-state index contributed by atoms with van der Waals surface area (Å²) in [5, 5.41) is 2.99. The largest absolute Gasteiger partial charge is 0.494 e. The summed E-state index contributed by atoms with van der Waals surface area (Å²) >= 11 is 0. The van der Waals surface area contributed by atoms with E-state index < -0.39 is 0 Å². The summed E-state index contributed by atoms with van der Waals surface area (Å²) in [6, 6.07) is 19.4. The smallest absolute Gasteiger partial charge is 0.251 e. The van der Waals surface area contributed by atoms with Gasteiger partial charge in [0.05, 0.1) is 31.9 Å². The van der Waals surface area contributed by atoms with Gasteiger partial charge in [-0.25, -0.2) is 4.98 Å². The van der Waals surface area contributed by atoms with Crippen molar-refractivity contribution in [1.82, 2.24) is 14.9 Å². The Morgan fingerprint density at radius 2 is 1.75 bits per heavy atom. The Kier molecular flexibility index (Phi) is 8.10. The predicted molar refractivity (Wildman–Crippen MR) is 141 cm³/mol. The van der Waals surface area contributed by atoms with Crippen LogP contribution in [0.3, 0.4) is 0 Å². The third kappa shape index (κ3) is 5.79. The molecule has 1 aromatic heterocycles. The second kappa shape index (κ2) is 11.6. The van der Waals surface area contributed by atoms with Gasteiger partial charge in [-0.15, -0.1) is 0 Å². The Morgan fingerprint density at radius 1 is 0.944 bits per heavy atom. The van der Waals surface area contributed by atoms with Gasteiger partial charge in [-0.05, 0) is 73.9 Å². The fourth-order valence-electron chi connectivity index (χ4n) is 4.15. The van der Waals surface area contributed by atoms with Crippen molar-refractivity contribution in [2.45, 2.75) is 33.2 Å². The van der Waals surface area contributed by atoms with Gasteiger partial charge in [0.2, 0.25) is 0 Å². The molecule has 7 nitrogen and oxygen atoms in total. The molecule has 0 unspecified atom stereocenters. The van der Waals surface area contributed by atoms with E-state index in [1.54, 1.807) is 32.4 Å². The number of carbonyl (C=O) groups excluding carboxylic acids is 1. The number of methoxy groups -OCH3 is 2. The highest BCUT2D eigenvalue weighted by atomic mass is 16.5. The number of nitrogens with zero attached hydrogens (tertiary/aromatic N) is 2. The van der Waals surface area contributed by atoms with E-state index >= 15 is 0 Å². The first-order valence-electron chi connectivity index (χ1n) is 12.1.